The minimum absolute atomic E-state index is 0. The third-order valence-electron chi connectivity index (χ3n) is 3.71. The maximum absolute atomic E-state index is 11.0. The molecule has 6 N–H and O–H groups in total. The van der Waals surface area contributed by atoms with E-state index in [1.165, 1.54) is 49.3 Å². The van der Waals surface area contributed by atoms with Crippen LogP contribution in [0.2, 0.25) is 0 Å². The molecule has 0 saturated carbocycles. The molecule has 0 radical (unpaired) electrons. The van der Waals surface area contributed by atoms with Crippen molar-refractivity contribution in [3.63, 3.8) is 0 Å². The van der Waals surface area contributed by atoms with Crippen LogP contribution in [-0.4, -0.2) is 16.4 Å². The van der Waals surface area contributed by atoms with E-state index in [-0.39, 0.29) is 27.9 Å². The molecule has 0 fully saturated rings. The molecule has 0 atom stereocenters. The average Bonchev–Trinajstić information content (AvgIpc) is 2.70. The topological polar surface area (TPSA) is 202 Å². The molecule has 4 aromatic heterocycles. The maximum Gasteiger partial charge on any atom is 0.222 e. The first kappa shape index (κ1) is 26.7. The van der Waals surface area contributed by atoms with Crippen molar-refractivity contribution in [2.45, 2.75) is 0 Å². The lowest BCUT2D eigenvalue weighted by Gasteiger charge is -2.01. The molecule has 164 valence electrons. The van der Waals surface area contributed by atoms with E-state index in [0.29, 0.717) is 9.46 Å². The van der Waals surface area contributed by atoms with E-state index in [1.807, 2.05) is 0 Å². The molecule has 0 unspecified atom stereocenters. The summed E-state index contributed by atoms with van der Waals surface area (Å²) in [5.41, 5.74) is 1.57. The molecule has 0 aliphatic heterocycles. The lowest BCUT2D eigenvalue weighted by atomic mass is 10.3. The fourth-order valence-corrected chi connectivity index (χ4v) is 2.38. The summed E-state index contributed by atoms with van der Waals surface area (Å²) < 4.78 is 4.74. The van der Waals surface area contributed by atoms with Crippen molar-refractivity contribution in [2.24, 2.45) is 0 Å². The highest BCUT2D eigenvalue weighted by Gasteiger charge is 2.05. The van der Waals surface area contributed by atoms with Crippen LogP contribution in [0.5, 0.6) is 11.5 Å². The fourth-order valence-electron chi connectivity index (χ4n) is 2.38. The Hall–Kier alpha value is -4.32. The SMILES string of the molecule is O.O.O.[O-]c1ccc[n+](-c2cc[n+]([O-])cc2)c1.[O-]c1ccc[n+](-c2cc[n+]([O-])cc2)c1. The zero-order valence-corrected chi connectivity index (χ0v) is 16.2. The zero-order chi connectivity index (χ0) is 19.9. The first-order valence-corrected chi connectivity index (χ1v) is 8.26. The second kappa shape index (κ2) is 12.3. The van der Waals surface area contributed by atoms with Gasteiger partial charge in [0.1, 0.15) is 0 Å². The minimum Gasteiger partial charge on any atom is -0.868 e. The summed E-state index contributed by atoms with van der Waals surface area (Å²) in [6.45, 7) is 0. The Morgan fingerprint density at radius 2 is 0.806 bits per heavy atom. The Morgan fingerprint density at radius 3 is 1.10 bits per heavy atom. The highest BCUT2D eigenvalue weighted by atomic mass is 16.5. The summed E-state index contributed by atoms with van der Waals surface area (Å²) >= 11 is 0. The van der Waals surface area contributed by atoms with Gasteiger partial charge in [-0.15, -0.1) is 0 Å². The molecule has 11 heteroatoms. The first-order chi connectivity index (χ1) is 13.5. The van der Waals surface area contributed by atoms with Gasteiger partial charge in [0.15, 0.2) is 49.6 Å². The largest absolute Gasteiger partial charge is 0.868 e. The highest BCUT2D eigenvalue weighted by molar-refractivity contribution is 5.18. The van der Waals surface area contributed by atoms with Crippen molar-refractivity contribution >= 4 is 0 Å². The quantitative estimate of drug-likeness (QED) is 0.239. The Bertz CT molecular complexity index is 975. The van der Waals surface area contributed by atoms with Gasteiger partial charge in [0.2, 0.25) is 11.4 Å². The van der Waals surface area contributed by atoms with Crippen LogP contribution >= 0.6 is 0 Å². The molecule has 0 aliphatic carbocycles. The monoisotopic (exact) mass is 430 g/mol. The van der Waals surface area contributed by atoms with Crippen LogP contribution in [0.15, 0.2) is 98.1 Å². The number of hydrogen-bond acceptors (Lipinski definition) is 4. The van der Waals surface area contributed by atoms with Gasteiger partial charge in [-0.1, -0.05) is 12.1 Å². The van der Waals surface area contributed by atoms with E-state index in [0.717, 1.165) is 11.4 Å². The van der Waals surface area contributed by atoms with E-state index < -0.39 is 0 Å². The number of aromatic nitrogens is 4. The summed E-state index contributed by atoms with van der Waals surface area (Å²) in [7, 11) is 0. The van der Waals surface area contributed by atoms with Crippen molar-refractivity contribution in [1.29, 1.82) is 0 Å². The normalized spacial score (nSPS) is 9.03. The van der Waals surface area contributed by atoms with Crippen LogP contribution in [-0.2, 0) is 0 Å². The van der Waals surface area contributed by atoms with Crippen molar-refractivity contribution in [3.8, 4) is 22.9 Å². The number of nitrogens with zero attached hydrogens (tertiary/aromatic N) is 4. The van der Waals surface area contributed by atoms with Gasteiger partial charge >= 0.3 is 0 Å². The highest BCUT2D eigenvalue weighted by Crippen LogP contribution is 2.01. The molecular formula is C20H22N4O7. The van der Waals surface area contributed by atoms with Gasteiger partial charge in [0, 0.05) is 12.1 Å². The van der Waals surface area contributed by atoms with Crippen LogP contribution in [0.1, 0.15) is 0 Å². The Balaban J connectivity index is 0.000000529. The van der Waals surface area contributed by atoms with Crippen molar-refractivity contribution < 1.29 is 45.2 Å². The third-order valence-corrected chi connectivity index (χ3v) is 3.71. The van der Waals surface area contributed by atoms with Crippen LogP contribution in [0.3, 0.4) is 0 Å². The molecule has 0 saturated heterocycles. The molecule has 4 rings (SSSR count). The predicted molar refractivity (Wildman–Crippen MR) is 104 cm³/mol. The summed E-state index contributed by atoms with van der Waals surface area (Å²) in [5.74, 6) is -0.127. The molecule has 0 aliphatic rings. The minimum atomic E-state index is -0.0636. The molecule has 11 nitrogen and oxygen atoms in total. The van der Waals surface area contributed by atoms with Crippen molar-refractivity contribution in [2.75, 3.05) is 0 Å². The Kier molecular flexibility index (Phi) is 10.6. The van der Waals surface area contributed by atoms with Gasteiger partial charge in [0.25, 0.3) is 0 Å². The van der Waals surface area contributed by atoms with E-state index in [4.69, 9.17) is 0 Å². The van der Waals surface area contributed by atoms with E-state index in [9.17, 15) is 20.6 Å². The maximum atomic E-state index is 11.0. The predicted octanol–water partition coefficient (Wildman–Crippen LogP) is -3.13. The Labute approximate surface area is 177 Å². The summed E-state index contributed by atoms with van der Waals surface area (Å²) in [6, 6.07) is 12.9. The second-order valence-electron chi connectivity index (χ2n) is 5.73. The average molecular weight is 430 g/mol. The second-order valence-corrected chi connectivity index (χ2v) is 5.73. The van der Waals surface area contributed by atoms with Gasteiger partial charge in [-0.2, -0.15) is 18.6 Å². The molecule has 0 bridgehead atoms. The number of pyridine rings is 4. The first-order valence-electron chi connectivity index (χ1n) is 8.26. The van der Waals surface area contributed by atoms with Crippen LogP contribution in [0.25, 0.3) is 11.4 Å². The molecule has 0 spiro atoms. The lowest BCUT2D eigenvalue weighted by molar-refractivity contribution is -0.617. The van der Waals surface area contributed by atoms with Gasteiger partial charge < -0.3 is 37.1 Å². The summed E-state index contributed by atoms with van der Waals surface area (Å²) in [4.78, 5) is 0. The van der Waals surface area contributed by atoms with Gasteiger partial charge in [-0.3, -0.25) is 0 Å². The van der Waals surface area contributed by atoms with E-state index >= 15 is 0 Å². The Morgan fingerprint density at radius 1 is 0.484 bits per heavy atom. The smallest absolute Gasteiger partial charge is 0.222 e. The molecule has 4 heterocycles. The zero-order valence-electron chi connectivity index (χ0n) is 16.2. The molecule has 0 amide bonds. The van der Waals surface area contributed by atoms with Crippen LogP contribution in [0.4, 0.5) is 0 Å². The standard InChI is InChI=1S/2C10H8N2O2.3H2O/c2*13-10-2-1-5-11(8-10)9-3-6-12(14)7-4-9;;;/h2*1-8H;3*1H2. The van der Waals surface area contributed by atoms with Crippen LogP contribution in [0, 0.1) is 10.4 Å². The van der Waals surface area contributed by atoms with Crippen molar-refractivity contribution in [3.05, 3.63) is 109 Å². The van der Waals surface area contributed by atoms with E-state index in [1.54, 1.807) is 57.9 Å². The molecule has 31 heavy (non-hydrogen) atoms. The van der Waals surface area contributed by atoms with Gasteiger partial charge in [0.05, 0.1) is 24.3 Å². The molecular weight excluding hydrogens is 408 g/mol. The molecule has 0 aromatic carbocycles. The van der Waals surface area contributed by atoms with Gasteiger partial charge in [-0.05, 0) is 11.5 Å². The molecule has 4 aromatic rings. The summed E-state index contributed by atoms with van der Waals surface area (Å²) in [6.07, 6.45) is 12.0. The van der Waals surface area contributed by atoms with Crippen molar-refractivity contribution in [1.82, 2.24) is 0 Å². The summed E-state index contributed by atoms with van der Waals surface area (Å²) in [5, 5.41) is 43.6. The number of hydrogen-bond donors (Lipinski definition) is 0. The van der Waals surface area contributed by atoms with Crippen LogP contribution < -0.4 is 28.8 Å². The lowest BCUT2D eigenvalue weighted by Crippen LogP contribution is -2.32. The third kappa shape index (κ3) is 7.55. The number of rotatable bonds is 2. The van der Waals surface area contributed by atoms with E-state index in [2.05, 4.69) is 0 Å². The fraction of sp³-hybridized carbons (Fsp3) is 0. The van der Waals surface area contributed by atoms with Gasteiger partial charge in [-0.25, -0.2) is 0 Å².